The lowest BCUT2D eigenvalue weighted by atomic mass is 10.1. The van der Waals surface area contributed by atoms with Gasteiger partial charge in [-0.05, 0) is 37.2 Å². The van der Waals surface area contributed by atoms with Gasteiger partial charge in [-0.25, -0.2) is 0 Å². The third-order valence-corrected chi connectivity index (χ3v) is 3.61. The minimum Gasteiger partial charge on any atom is -0.388 e. The smallest absolute Gasteiger partial charge is 0.0371 e. The third-order valence-electron chi connectivity index (χ3n) is 3.61. The molecule has 3 heteroatoms. The lowest BCUT2D eigenvalue weighted by molar-refractivity contribution is 0.313. The summed E-state index contributed by atoms with van der Waals surface area (Å²) >= 11 is 0. The molecule has 2 rings (SSSR count). The van der Waals surface area contributed by atoms with Crippen LogP contribution in [0.2, 0.25) is 0 Å². The molecule has 17 heavy (non-hydrogen) atoms. The first-order valence-electron chi connectivity index (χ1n) is 6.48. The van der Waals surface area contributed by atoms with Gasteiger partial charge in [0.1, 0.15) is 0 Å². The SMILES string of the molecule is CCc1cc(N2CCN(C)CC2)ccc1NC. The van der Waals surface area contributed by atoms with Crippen molar-refractivity contribution in [2.45, 2.75) is 13.3 Å². The van der Waals surface area contributed by atoms with Gasteiger partial charge in [0.2, 0.25) is 0 Å². The second kappa shape index (κ2) is 5.41. The summed E-state index contributed by atoms with van der Waals surface area (Å²) in [6, 6.07) is 6.76. The molecule has 1 saturated heterocycles. The van der Waals surface area contributed by atoms with Gasteiger partial charge in [-0.2, -0.15) is 0 Å². The summed E-state index contributed by atoms with van der Waals surface area (Å²) in [4.78, 5) is 4.87. The van der Waals surface area contributed by atoms with Crippen LogP contribution in [0.15, 0.2) is 18.2 Å². The van der Waals surface area contributed by atoms with Gasteiger partial charge in [-0.1, -0.05) is 6.92 Å². The van der Waals surface area contributed by atoms with Crippen LogP contribution in [0.25, 0.3) is 0 Å². The lowest BCUT2D eigenvalue weighted by Gasteiger charge is -2.34. The number of nitrogens with zero attached hydrogens (tertiary/aromatic N) is 2. The van der Waals surface area contributed by atoms with Crippen molar-refractivity contribution in [2.75, 3.05) is 50.5 Å². The second-order valence-electron chi connectivity index (χ2n) is 4.74. The summed E-state index contributed by atoms with van der Waals surface area (Å²) in [5.74, 6) is 0. The van der Waals surface area contributed by atoms with Crippen molar-refractivity contribution < 1.29 is 0 Å². The Labute approximate surface area is 104 Å². The Hall–Kier alpha value is -1.22. The van der Waals surface area contributed by atoms with E-state index in [-0.39, 0.29) is 0 Å². The van der Waals surface area contributed by atoms with E-state index >= 15 is 0 Å². The van der Waals surface area contributed by atoms with Crippen molar-refractivity contribution in [1.82, 2.24) is 4.90 Å². The third kappa shape index (κ3) is 2.72. The Balaban J connectivity index is 2.16. The Morgan fingerprint density at radius 3 is 2.47 bits per heavy atom. The van der Waals surface area contributed by atoms with Gasteiger partial charge in [0.05, 0.1) is 0 Å². The average Bonchev–Trinajstić information content (AvgIpc) is 2.39. The molecule has 1 N–H and O–H groups in total. The highest BCUT2D eigenvalue weighted by molar-refractivity contribution is 5.60. The minimum absolute atomic E-state index is 1.08. The number of aryl methyl sites for hydroxylation is 1. The van der Waals surface area contributed by atoms with Crippen LogP contribution >= 0.6 is 0 Å². The normalized spacial score (nSPS) is 17.2. The van der Waals surface area contributed by atoms with Gasteiger partial charge in [0, 0.05) is 44.6 Å². The Kier molecular flexibility index (Phi) is 3.89. The number of hydrogen-bond acceptors (Lipinski definition) is 3. The van der Waals surface area contributed by atoms with Gasteiger partial charge in [-0.15, -0.1) is 0 Å². The van der Waals surface area contributed by atoms with Crippen LogP contribution in [-0.4, -0.2) is 45.2 Å². The average molecular weight is 233 g/mol. The van der Waals surface area contributed by atoms with Crippen LogP contribution in [-0.2, 0) is 6.42 Å². The van der Waals surface area contributed by atoms with E-state index < -0.39 is 0 Å². The maximum absolute atomic E-state index is 3.26. The van der Waals surface area contributed by atoms with Crippen LogP contribution in [0.5, 0.6) is 0 Å². The van der Waals surface area contributed by atoms with E-state index in [0.717, 1.165) is 32.6 Å². The van der Waals surface area contributed by atoms with Crippen molar-refractivity contribution >= 4 is 11.4 Å². The molecular weight excluding hydrogens is 210 g/mol. The van der Waals surface area contributed by atoms with Crippen molar-refractivity contribution in [1.29, 1.82) is 0 Å². The number of likely N-dealkylation sites (N-methyl/N-ethyl adjacent to an activating group) is 1. The highest BCUT2D eigenvalue weighted by atomic mass is 15.2. The monoisotopic (exact) mass is 233 g/mol. The zero-order valence-corrected chi connectivity index (χ0v) is 11.2. The van der Waals surface area contributed by atoms with Gasteiger partial charge >= 0.3 is 0 Å². The van der Waals surface area contributed by atoms with Crippen LogP contribution in [0, 0.1) is 0 Å². The quantitative estimate of drug-likeness (QED) is 0.862. The first kappa shape index (κ1) is 12.2. The molecule has 0 saturated carbocycles. The standard InChI is InChI=1S/C14H23N3/c1-4-12-11-13(5-6-14(12)15-2)17-9-7-16(3)8-10-17/h5-6,11,15H,4,7-10H2,1-3H3. The van der Waals surface area contributed by atoms with Crippen molar-refractivity contribution in [2.24, 2.45) is 0 Å². The molecule has 0 amide bonds. The Morgan fingerprint density at radius 2 is 1.88 bits per heavy atom. The fourth-order valence-electron chi connectivity index (χ4n) is 2.38. The first-order valence-corrected chi connectivity index (χ1v) is 6.48. The fraction of sp³-hybridized carbons (Fsp3) is 0.571. The van der Waals surface area contributed by atoms with Gasteiger partial charge in [0.15, 0.2) is 0 Å². The van der Waals surface area contributed by atoms with Crippen molar-refractivity contribution in [3.63, 3.8) is 0 Å². The van der Waals surface area contributed by atoms with Crippen LogP contribution < -0.4 is 10.2 Å². The maximum atomic E-state index is 3.26. The lowest BCUT2D eigenvalue weighted by Crippen LogP contribution is -2.44. The van der Waals surface area contributed by atoms with Crippen LogP contribution in [0.4, 0.5) is 11.4 Å². The molecule has 1 aromatic carbocycles. The summed E-state index contributed by atoms with van der Waals surface area (Å²) in [5.41, 5.74) is 4.03. The van der Waals surface area contributed by atoms with E-state index in [0.29, 0.717) is 0 Å². The molecule has 0 unspecified atom stereocenters. The summed E-state index contributed by atoms with van der Waals surface area (Å²) in [6.45, 7) is 6.81. The summed E-state index contributed by atoms with van der Waals surface area (Å²) in [6.07, 6.45) is 1.08. The van der Waals surface area contributed by atoms with E-state index in [1.165, 1.54) is 16.9 Å². The van der Waals surface area contributed by atoms with Gasteiger partial charge in [-0.3, -0.25) is 0 Å². The van der Waals surface area contributed by atoms with E-state index in [9.17, 15) is 0 Å². The van der Waals surface area contributed by atoms with Crippen LogP contribution in [0.3, 0.4) is 0 Å². The molecular formula is C14H23N3. The molecule has 1 fully saturated rings. The molecule has 3 nitrogen and oxygen atoms in total. The maximum Gasteiger partial charge on any atom is 0.0371 e. The van der Waals surface area contributed by atoms with Gasteiger partial charge < -0.3 is 15.1 Å². The first-order chi connectivity index (χ1) is 8.24. The zero-order chi connectivity index (χ0) is 12.3. The second-order valence-corrected chi connectivity index (χ2v) is 4.74. The van der Waals surface area contributed by atoms with E-state index in [2.05, 4.69) is 47.3 Å². The summed E-state index contributed by atoms with van der Waals surface area (Å²) in [7, 11) is 4.18. The minimum atomic E-state index is 1.08. The molecule has 1 heterocycles. The fourth-order valence-corrected chi connectivity index (χ4v) is 2.38. The molecule has 1 aromatic rings. The molecule has 0 radical (unpaired) electrons. The van der Waals surface area contributed by atoms with Crippen LogP contribution in [0.1, 0.15) is 12.5 Å². The molecule has 1 aliphatic rings. The summed E-state index contributed by atoms with van der Waals surface area (Å²) in [5, 5.41) is 3.26. The molecule has 0 atom stereocenters. The summed E-state index contributed by atoms with van der Waals surface area (Å²) < 4.78 is 0. The van der Waals surface area contributed by atoms with E-state index in [1.54, 1.807) is 0 Å². The Morgan fingerprint density at radius 1 is 1.18 bits per heavy atom. The van der Waals surface area contributed by atoms with Crippen molar-refractivity contribution in [3.8, 4) is 0 Å². The number of hydrogen-bond donors (Lipinski definition) is 1. The highest BCUT2D eigenvalue weighted by Gasteiger charge is 2.14. The molecule has 0 spiro atoms. The molecule has 0 aliphatic carbocycles. The van der Waals surface area contributed by atoms with E-state index in [1.807, 2.05) is 7.05 Å². The predicted octanol–water partition coefficient (Wildman–Crippen LogP) is 2.04. The topological polar surface area (TPSA) is 18.5 Å². The number of nitrogens with one attached hydrogen (secondary N) is 1. The predicted molar refractivity (Wildman–Crippen MR) is 75.1 cm³/mol. The number of benzene rings is 1. The van der Waals surface area contributed by atoms with Gasteiger partial charge in [0.25, 0.3) is 0 Å². The molecule has 94 valence electrons. The zero-order valence-electron chi connectivity index (χ0n) is 11.2. The highest BCUT2D eigenvalue weighted by Crippen LogP contribution is 2.24. The number of piperazine rings is 1. The number of anilines is 2. The molecule has 0 bridgehead atoms. The van der Waals surface area contributed by atoms with Crippen molar-refractivity contribution in [3.05, 3.63) is 23.8 Å². The number of rotatable bonds is 3. The van der Waals surface area contributed by atoms with E-state index in [4.69, 9.17) is 0 Å². The molecule has 1 aliphatic heterocycles. The largest absolute Gasteiger partial charge is 0.388 e. The Bertz CT molecular complexity index is 368. The molecule has 0 aromatic heterocycles.